The number of amides is 1. The van der Waals surface area contributed by atoms with Crippen LogP contribution < -0.4 is 4.74 Å². The van der Waals surface area contributed by atoms with Gasteiger partial charge in [0.1, 0.15) is 6.10 Å². The van der Waals surface area contributed by atoms with Crippen LogP contribution in [0.25, 0.3) is 0 Å². The molecule has 8 nitrogen and oxygen atoms in total. The summed E-state index contributed by atoms with van der Waals surface area (Å²) in [5.41, 5.74) is 0.462. The number of aromatic nitrogens is 2. The van der Waals surface area contributed by atoms with Gasteiger partial charge in [-0.1, -0.05) is 13.8 Å². The Bertz CT molecular complexity index is 915. The smallest absolute Gasteiger partial charge is 0.253 e. The molecule has 1 aliphatic rings. The summed E-state index contributed by atoms with van der Waals surface area (Å²) in [4.78, 5) is 14.8. The second-order valence-electron chi connectivity index (χ2n) is 6.81. The van der Waals surface area contributed by atoms with E-state index in [1.807, 2.05) is 0 Å². The molecule has 1 aromatic carbocycles. The average Bonchev–Trinajstić information content (AvgIpc) is 2.75. The largest absolute Gasteiger partial charge is 0.471 e. The molecule has 0 bridgehead atoms. The highest BCUT2D eigenvalue weighted by Crippen LogP contribution is 2.20. The first-order valence-corrected chi connectivity index (χ1v) is 11.2. The second kappa shape index (κ2) is 9.32. The molecule has 0 spiro atoms. The summed E-state index contributed by atoms with van der Waals surface area (Å²) < 4.78 is 32.4. The number of carbonyl (C=O) groups excluding carboxylic acids is 1. The van der Waals surface area contributed by atoms with Crippen molar-refractivity contribution in [1.29, 1.82) is 0 Å². The molecule has 2 aromatic rings. The van der Waals surface area contributed by atoms with Gasteiger partial charge in [-0.05, 0) is 43.2 Å². The molecule has 0 aliphatic carbocycles. The van der Waals surface area contributed by atoms with E-state index in [1.54, 1.807) is 49.2 Å². The van der Waals surface area contributed by atoms with Crippen LogP contribution in [0.5, 0.6) is 5.88 Å². The summed E-state index contributed by atoms with van der Waals surface area (Å²) in [7, 11) is -3.54. The number of rotatable bonds is 7. The number of piperidine rings is 1. The topological polar surface area (TPSA) is 92.7 Å². The van der Waals surface area contributed by atoms with Gasteiger partial charge in [-0.2, -0.15) is 9.40 Å². The van der Waals surface area contributed by atoms with E-state index in [4.69, 9.17) is 4.74 Å². The number of hydrogen-bond donors (Lipinski definition) is 0. The molecule has 1 amide bonds. The summed E-state index contributed by atoms with van der Waals surface area (Å²) in [5, 5.41) is 7.72. The van der Waals surface area contributed by atoms with E-state index in [-0.39, 0.29) is 16.9 Å². The Kier molecular flexibility index (Phi) is 6.81. The first-order chi connectivity index (χ1) is 14.0. The normalized spacial score (nSPS) is 17.3. The zero-order chi connectivity index (χ0) is 20.9. The number of nitrogens with zero attached hydrogens (tertiary/aromatic N) is 4. The number of ether oxygens (including phenoxy) is 1. The van der Waals surface area contributed by atoms with Crippen molar-refractivity contribution >= 4 is 15.9 Å². The maximum Gasteiger partial charge on any atom is 0.253 e. The Morgan fingerprint density at radius 3 is 2.55 bits per heavy atom. The fourth-order valence-corrected chi connectivity index (χ4v) is 4.86. The number of benzene rings is 1. The molecule has 0 N–H and O–H groups in total. The van der Waals surface area contributed by atoms with Gasteiger partial charge in [0.2, 0.25) is 15.9 Å². The van der Waals surface area contributed by atoms with Crippen LogP contribution in [0.1, 0.15) is 37.0 Å². The first-order valence-electron chi connectivity index (χ1n) is 9.79. The lowest BCUT2D eigenvalue weighted by atomic mass is 10.1. The highest BCUT2D eigenvalue weighted by atomic mass is 32.2. The van der Waals surface area contributed by atoms with Gasteiger partial charge in [-0.25, -0.2) is 8.42 Å². The van der Waals surface area contributed by atoms with E-state index >= 15 is 0 Å². The minimum atomic E-state index is -3.54. The van der Waals surface area contributed by atoms with Gasteiger partial charge in [-0.3, -0.25) is 4.79 Å². The molecule has 0 saturated carbocycles. The fourth-order valence-electron chi connectivity index (χ4n) is 3.40. The van der Waals surface area contributed by atoms with Gasteiger partial charge in [0.15, 0.2) is 0 Å². The van der Waals surface area contributed by atoms with Gasteiger partial charge in [0.25, 0.3) is 5.91 Å². The Balaban J connectivity index is 1.68. The predicted octanol–water partition coefficient (Wildman–Crippen LogP) is 2.19. The number of hydrogen-bond acceptors (Lipinski definition) is 6. The van der Waals surface area contributed by atoms with Gasteiger partial charge in [0.05, 0.1) is 11.4 Å². The fraction of sp³-hybridized carbons (Fsp3) is 0.450. The average molecular weight is 419 g/mol. The third-order valence-electron chi connectivity index (χ3n) is 4.95. The van der Waals surface area contributed by atoms with Crippen molar-refractivity contribution in [1.82, 2.24) is 19.4 Å². The van der Waals surface area contributed by atoms with Crippen molar-refractivity contribution in [3.05, 3.63) is 48.2 Å². The van der Waals surface area contributed by atoms with Crippen LogP contribution in [0, 0.1) is 0 Å². The van der Waals surface area contributed by atoms with E-state index < -0.39 is 10.0 Å². The van der Waals surface area contributed by atoms with Crippen LogP contribution in [0.2, 0.25) is 0 Å². The summed E-state index contributed by atoms with van der Waals surface area (Å²) in [6, 6.07) is 9.64. The Labute approximate surface area is 171 Å². The molecule has 1 aliphatic heterocycles. The maximum atomic E-state index is 12.9. The maximum absolute atomic E-state index is 12.9. The molecular weight excluding hydrogens is 392 g/mol. The van der Waals surface area contributed by atoms with Crippen LogP contribution in [0.4, 0.5) is 0 Å². The SMILES string of the molecule is CCN(CC)S(=O)(=O)c1ccc(C(=O)N2CCCC(Oc3cccnn3)C2)cc1. The summed E-state index contributed by atoms with van der Waals surface area (Å²) >= 11 is 0. The summed E-state index contributed by atoms with van der Waals surface area (Å²) in [6.45, 7) is 5.50. The van der Waals surface area contributed by atoms with E-state index in [1.165, 1.54) is 16.4 Å². The Hall–Kier alpha value is -2.52. The molecule has 3 rings (SSSR count). The van der Waals surface area contributed by atoms with Crippen LogP contribution >= 0.6 is 0 Å². The molecule has 1 aromatic heterocycles. The minimum absolute atomic E-state index is 0.135. The highest BCUT2D eigenvalue weighted by molar-refractivity contribution is 7.89. The molecule has 1 fully saturated rings. The zero-order valence-electron chi connectivity index (χ0n) is 16.7. The number of sulfonamides is 1. The van der Waals surface area contributed by atoms with Gasteiger partial charge in [-0.15, -0.1) is 5.10 Å². The van der Waals surface area contributed by atoms with Crippen molar-refractivity contribution in [2.45, 2.75) is 37.7 Å². The molecule has 1 unspecified atom stereocenters. The standard InChI is InChI=1S/C20H26N4O4S/c1-3-24(4-2)29(26,27)18-11-9-16(10-12-18)20(25)23-14-6-7-17(15-23)28-19-8-5-13-21-22-19/h5,8-13,17H,3-4,6-7,14-15H2,1-2H3. The summed E-state index contributed by atoms with van der Waals surface area (Å²) in [6.07, 6.45) is 3.09. The zero-order valence-corrected chi connectivity index (χ0v) is 17.5. The van der Waals surface area contributed by atoms with Crippen molar-refractivity contribution < 1.29 is 17.9 Å². The van der Waals surface area contributed by atoms with Crippen LogP contribution in [-0.2, 0) is 10.0 Å². The lowest BCUT2D eigenvalue weighted by Crippen LogP contribution is -2.44. The van der Waals surface area contributed by atoms with Crippen LogP contribution in [0.15, 0.2) is 47.5 Å². The van der Waals surface area contributed by atoms with E-state index in [0.717, 1.165) is 12.8 Å². The molecule has 0 radical (unpaired) electrons. The Morgan fingerprint density at radius 2 is 1.93 bits per heavy atom. The molecule has 156 valence electrons. The van der Waals surface area contributed by atoms with Gasteiger partial charge in [0, 0.05) is 37.5 Å². The third-order valence-corrected chi connectivity index (χ3v) is 7.01. The number of carbonyl (C=O) groups is 1. The van der Waals surface area contributed by atoms with Gasteiger partial charge >= 0.3 is 0 Å². The molecule has 9 heteroatoms. The summed E-state index contributed by atoms with van der Waals surface area (Å²) in [5.74, 6) is 0.307. The van der Waals surface area contributed by atoms with Crippen molar-refractivity contribution in [3.63, 3.8) is 0 Å². The molecular formula is C20H26N4O4S. The van der Waals surface area contributed by atoms with E-state index in [2.05, 4.69) is 10.2 Å². The van der Waals surface area contributed by atoms with E-state index in [9.17, 15) is 13.2 Å². The lowest BCUT2D eigenvalue weighted by Gasteiger charge is -2.32. The lowest BCUT2D eigenvalue weighted by molar-refractivity contribution is 0.0525. The molecule has 2 heterocycles. The second-order valence-corrected chi connectivity index (χ2v) is 8.75. The number of likely N-dealkylation sites (tertiary alicyclic amines) is 1. The van der Waals surface area contributed by atoms with Gasteiger partial charge < -0.3 is 9.64 Å². The molecule has 1 saturated heterocycles. The monoisotopic (exact) mass is 418 g/mol. The molecule has 1 atom stereocenters. The van der Waals surface area contributed by atoms with Crippen molar-refractivity contribution in [2.24, 2.45) is 0 Å². The predicted molar refractivity (Wildman–Crippen MR) is 108 cm³/mol. The third kappa shape index (κ3) is 4.91. The van der Waals surface area contributed by atoms with Crippen molar-refractivity contribution in [2.75, 3.05) is 26.2 Å². The first kappa shape index (κ1) is 21.2. The molecule has 29 heavy (non-hydrogen) atoms. The van der Waals surface area contributed by atoms with Crippen LogP contribution in [-0.4, -0.2) is 66.0 Å². The van der Waals surface area contributed by atoms with Crippen molar-refractivity contribution in [3.8, 4) is 5.88 Å². The quantitative estimate of drug-likeness (QED) is 0.684. The van der Waals surface area contributed by atoms with E-state index in [0.29, 0.717) is 37.6 Å². The van der Waals surface area contributed by atoms with Crippen LogP contribution in [0.3, 0.4) is 0 Å². The Morgan fingerprint density at radius 1 is 1.21 bits per heavy atom. The minimum Gasteiger partial charge on any atom is -0.471 e. The highest BCUT2D eigenvalue weighted by Gasteiger charge is 2.27.